The molecule has 104 valence electrons. The molecule has 0 saturated carbocycles. The summed E-state index contributed by atoms with van der Waals surface area (Å²) < 4.78 is 0. The van der Waals surface area contributed by atoms with Crippen molar-refractivity contribution in [2.45, 2.75) is 13.8 Å². The standard InChI is InChI=1S/C17H14N2O2/c1-8-14-10-5-3-4-6-11(10)18-16(14)9(2)15-12(20)7-13(21)19-17(8)15/h3-7,18H,1-2H3,(H2,19,20,21). The maximum absolute atomic E-state index is 11.7. The Morgan fingerprint density at radius 3 is 2.43 bits per heavy atom. The van der Waals surface area contributed by atoms with Gasteiger partial charge in [-0.1, -0.05) is 18.2 Å². The Balaban J connectivity index is 2.41. The topological polar surface area (TPSA) is 68.9 Å². The van der Waals surface area contributed by atoms with Crippen LogP contribution in [-0.2, 0) is 0 Å². The Bertz CT molecular complexity index is 1090. The summed E-state index contributed by atoms with van der Waals surface area (Å²) in [4.78, 5) is 18.0. The molecule has 21 heavy (non-hydrogen) atoms. The van der Waals surface area contributed by atoms with Crippen LogP contribution in [0.4, 0.5) is 0 Å². The fourth-order valence-electron chi connectivity index (χ4n) is 3.27. The van der Waals surface area contributed by atoms with Crippen LogP contribution in [0.2, 0.25) is 0 Å². The summed E-state index contributed by atoms with van der Waals surface area (Å²) in [7, 11) is 0. The molecule has 4 rings (SSSR count). The monoisotopic (exact) mass is 278 g/mol. The molecule has 0 aliphatic heterocycles. The third kappa shape index (κ3) is 1.47. The number of nitrogens with one attached hydrogen (secondary N) is 2. The average Bonchev–Trinajstić information content (AvgIpc) is 2.84. The summed E-state index contributed by atoms with van der Waals surface area (Å²) in [5.41, 5.74) is 4.38. The molecule has 0 atom stereocenters. The van der Waals surface area contributed by atoms with Crippen molar-refractivity contribution in [3.05, 3.63) is 51.8 Å². The number of hydrogen-bond acceptors (Lipinski definition) is 2. The van der Waals surface area contributed by atoms with Crippen LogP contribution in [0.1, 0.15) is 11.1 Å². The highest BCUT2D eigenvalue weighted by molar-refractivity contribution is 6.16. The van der Waals surface area contributed by atoms with Crippen molar-refractivity contribution in [3.8, 4) is 5.75 Å². The van der Waals surface area contributed by atoms with Crippen LogP contribution < -0.4 is 5.56 Å². The van der Waals surface area contributed by atoms with Gasteiger partial charge >= 0.3 is 0 Å². The van der Waals surface area contributed by atoms with Gasteiger partial charge in [0.15, 0.2) is 0 Å². The SMILES string of the molecule is Cc1c2[nH]c3ccccc3c2c(C)c2[nH]c(=O)cc(O)c12. The van der Waals surface area contributed by atoms with Gasteiger partial charge in [-0.15, -0.1) is 0 Å². The molecule has 0 spiro atoms. The van der Waals surface area contributed by atoms with Crippen molar-refractivity contribution in [2.75, 3.05) is 0 Å². The number of aromatic hydroxyl groups is 1. The van der Waals surface area contributed by atoms with Gasteiger partial charge in [0, 0.05) is 27.7 Å². The normalized spacial score (nSPS) is 11.7. The number of rotatable bonds is 0. The Morgan fingerprint density at radius 1 is 0.952 bits per heavy atom. The number of aromatic nitrogens is 2. The maximum Gasteiger partial charge on any atom is 0.252 e. The number of H-pyrrole nitrogens is 2. The average molecular weight is 278 g/mol. The van der Waals surface area contributed by atoms with Crippen molar-refractivity contribution in [2.24, 2.45) is 0 Å². The van der Waals surface area contributed by atoms with Gasteiger partial charge in [0.1, 0.15) is 5.75 Å². The van der Waals surface area contributed by atoms with Crippen molar-refractivity contribution < 1.29 is 5.11 Å². The molecule has 0 aliphatic carbocycles. The highest BCUT2D eigenvalue weighted by Gasteiger charge is 2.16. The molecule has 2 aromatic carbocycles. The number of hydrogen-bond donors (Lipinski definition) is 3. The molecular formula is C17H14N2O2. The lowest BCUT2D eigenvalue weighted by Gasteiger charge is -2.10. The maximum atomic E-state index is 11.7. The van der Waals surface area contributed by atoms with Gasteiger partial charge in [0.25, 0.3) is 5.56 Å². The summed E-state index contributed by atoms with van der Waals surface area (Å²) in [6.45, 7) is 3.93. The molecule has 0 bridgehead atoms. The van der Waals surface area contributed by atoms with E-state index in [1.54, 1.807) is 0 Å². The zero-order valence-corrected chi connectivity index (χ0v) is 11.7. The molecule has 4 nitrogen and oxygen atoms in total. The van der Waals surface area contributed by atoms with Crippen molar-refractivity contribution in [1.29, 1.82) is 0 Å². The number of fused-ring (bicyclic) bond motifs is 4. The second-order valence-electron chi connectivity index (χ2n) is 5.44. The second kappa shape index (κ2) is 3.88. The van der Waals surface area contributed by atoms with E-state index in [-0.39, 0.29) is 11.3 Å². The lowest BCUT2D eigenvalue weighted by Crippen LogP contribution is -2.05. The first kappa shape index (κ1) is 12.0. The van der Waals surface area contributed by atoms with E-state index in [0.717, 1.165) is 32.9 Å². The Labute approximate surface area is 120 Å². The van der Waals surface area contributed by atoms with Gasteiger partial charge in [0.2, 0.25) is 0 Å². The van der Waals surface area contributed by atoms with E-state index in [1.165, 1.54) is 6.07 Å². The van der Waals surface area contributed by atoms with E-state index >= 15 is 0 Å². The predicted octanol–water partition coefficient (Wildman–Crippen LogP) is 3.49. The molecule has 0 amide bonds. The van der Waals surface area contributed by atoms with E-state index in [9.17, 15) is 9.90 Å². The highest BCUT2D eigenvalue weighted by Crippen LogP contribution is 2.37. The largest absolute Gasteiger partial charge is 0.507 e. The molecule has 3 N–H and O–H groups in total. The molecule has 0 unspecified atom stereocenters. The van der Waals surface area contributed by atoms with Crippen LogP contribution in [0.15, 0.2) is 35.1 Å². The quantitative estimate of drug-likeness (QED) is 0.461. The summed E-state index contributed by atoms with van der Waals surface area (Å²) in [5, 5.41) is 13.1. The van der Waals surface area contributed by atoms with Crippen molar-refractivity contribution in [1.82, 2.24) is 9.97 Å². The molecule has 2 aromatic heterocycles. The van der Waals surface area contributed by atoms with Crippen LogP contribution in [0.3, 0.4) is 0 Å². The van der Waals surface area contributed by atoms with Gasteiger partial charge in [-0.3, -0.25) is 4.79 Å². The minimum atomic E-state index is -0.290. The fourth-order valence-corrected chi connectivity index (χ4v) is 3.27. The third-order valence-electron chi connectivity index (χ3n) is 4.23. The minimum Gasteiger partial charge on any atom is -0.507 e. The predicted molar refractivity (Wildman–Crippen MR) is 85.1 cm³/mol. The van der Waals surface area contributed by atoms with Gasteiger partial charge in [-0.25, -0.2) is 0 Å². The van der Waals surface area contributed by atoms with E-state index in [1.807, 2.05) is 32.0 Å². The van der Waals surface area contributed by atoms with Crippen molar-refractivity contribution in [3.63, 3.8) is 0 Å². The zero-order valence-electron chi connectivity index (χ0n) is 11.7. The number of aryl methyl sites for hydroxylation is 2. The number of aromatic amines is 2. The summed E-state index contributed by atoms with van der Waals surface area (Å²) in [6.07, 6.45) is 0. The summed E-state index contributed by atoms with van der Waals surface area (Å²) in [5.74, 6) is 0.0231. The molecule has 0 aliphatic rings. The van der Waals surface area contributed by atoms with Crippen LogP contribution in [0.5, 0.6) is 5.75 Å². The first-order valence-corrected chi connectivity index (χ1v) is 6.83. The number of benzene rings is 2. The van der Waals surface area contributed by atoms with E-state index in [2.05, 4.69) is 16.0 Å². The van der Waals surface area contributed by atoms with Gasteiger partial charge < -0.3 is 15.1 Å². The molecule has 0 saturated heterocycles. The third-order valence-corrected chi connectivity index (χ3v) is 4.23. The molecule has 0 fully saturated rings. The minimum absolute atomic E-state index is 0.0231. The smallest absolute Gasteiger partial charge is 0.252 e. The lowest BCUT2D eigenvalue weighted by molar-refractivity contribution is 0.480. The van der Waals surface area contributed by atoms with Crippen LogP contribution >= 0.6 is 0 Å². The second-order valence-corrected chi connectivity index (χ2v) is 5.44. The van der Waals surface area contributed by atoms with E-state index < -0.39 is 0 Å². The molecule has 2 heterocycles. The lowest BCUT2D eigenvalue weighted by atomic mass is 9.98. The van der Waals surface area contributed by atoms with Crippen LogP contribution in [0.25, 0.3) is 32.7 Å². The Hall–Kier alpha value is -2.75. The summed E-state index contributed by atoms with van der Waals surface area (Å²) in [6, 6.07) is 9.30. The first-order valence-electron chi connectivity index (χ1n) is 6.83. The number of para-hydroxylation sites is 1. The van der Waals surface area contributed by atoms with E-state index in [4.69, 9.17) is 0 Å². The van der Waals surface area contributed by atoms with Gasteiger partial charge in [-0.2, -0.15) is 0 Å². The zero-order chi connectivity index (χ0) is 14.7. The van der Waals surface area contributed by atoms with Crippen molar-refractivity contribution >= 4 is 32.7 Å². The van der Waals surface area contributed by atoms with Crippen LogP contribution in [0, 0.1) is 13.8 Å². The Kier molecular flexibility index (Phi) is 2.22. The highest BCUT2D eigenvalue weighted by atomic mass is 16.3. The van der Waals surface area contributed by atoms with Crippen LogP contribution in [-0.4, -0.2) is 15.1 Å². The number of pyridine rings is 1. The first-order chi connectivity index (χ1) is 10.1. The van der Waals surface area contributed by atoms with Gasteiger partial charge in [0.05, 0.1) is 11.0 Å². The molecule has 4 aromatic rings. The molecule has 0 radical (unpaired) electrons. The van der Waals surface area contributed by atoms with Gasteiger partial charge in [-0.05, 0) is 31.0 Å². The Morgan fingerprint density at radius 2 is 1.62 bits per heavy atom. The fraction of sp³-hybridized carbons (Fsp3) is 0.118. The summed E-state index contributed by atoms with van der Waals surface area (Å²) >= 11 is 0. The van der Waals surface area contributed by atoms with E-state index in [0.29, 0.717) is 10.9 Å². The molecule has 4 heteroatoms. The molecular weight excluding hydrogens is 264 g/mol.